The number of carbonyl (C=O) groups is 2. The number of anilines is 1. The number of para-hydroxylation sites is 1. The number of rotatable bonds is 10. The van der Waals surface area contributed by atoms with Crippen LogP contribution in [0.2, 0.25) is 0 Å². The first kappa shape index (κ1) is 29.7. The molecule has 0 spiro atoms. The first-order valence-electron chi connectivity index (χ1n) is 14.7. The van der Waals surface area contributed by atoms with Gasteiger partial charge >= 0.3 is 5.97 Å². The molecule has 0 aliphatic carbocycles. The average molecular weight is 626 g/mol. The Balaban J connectivity index is 0.00000353. The van der Waals surface area contributed by atoms with E-state index in [-0.39, 0.29) is 40.8 Å². The molecule has 0 unspecified atom stereocenters. The fourth-order valence-corrected chi connectivity index (χ4v) is 6.71. The first-order valence-corrected chi connectivity index (χ1v) is 14.7. The van der Waals surface area contributed by atoms with Crippen LogP contribution in [0.5, 0.6) is 0 Å². The Morgan fingerprint density at radius 1 is 0.738 bits per heavy atom. The van der Waals surface area contributed by atoms with Crippen LogP contribution >= 0.6 is 0 Å². The van der Waals surface area contributed by atoms with E-state index in [0.717, 1.165) is 48.3 Å². The maximum Gasteiger partial charge on any atom is 0.330 e. The van der Waals surface area contributed by atoms with E-state index in [1.807, 2.05) is 97.1 Å². The largest absolute Gasteiger partial charge is 1.00 e. The number of esters is 1. The highest BCUT2D eigenvalue weighted by Crippen LogP contribution is 2.37. The Morgan fingerprint density at radius 2 is 1.24 bits per heavy atom. The molecule has 0 aromatic heterocycles. The molecule has 3 heterocycles. The summed E-state index contributed by atoms with van der Waals surface area (Å²) in [7, 11) is 0. The van der Waals surface area contributed by atoms with Crippen molar-refractivity contribution in [1.29, 1.82) is 0 Å². The van der Waals surface area contributed by atoms with Crippen molar-refractivity contribution in [2.75, 3.05) is 31.5 Å². The summed E-state index contributed by atoms with van der Waals surface area (Å²) in [6, 6.07) is 39.1. The van der Waals surface area contributed by atoms with Gasteiger partial charge in [-0.05, 0) is 23.3 Å². The molecule has 3 saturated heterocycles. The number of carbonyl (C=O) groups excluding carboxylic acids is 2. The third-order valence-electron chi connectivity index (χ3n) is 8.88. The molecule has 3 fully saturated rings. The molecule has 0 saturated carbocycles. The zero-order valence-corrected chi connectivity index (χ0v) is 25.2. The van der Waals surface area contributed by atoms with Crippen LogP contribution in [-0.2, 0) is 9.53 Å². The summed E-state index contributed by atoms with van der Waals surface area (Å²) < 4.78 is 7.16. The van der Waals surface area contributed by atoms with Crippen LogP contribution in [0.15, 0.2) is 121 Å². The van der Waals surface area contributed by atoms with Crippen molar-refractivity contribution in [3.63, 3.8) is 0 Å². The van der Waals surface area contributed by atoms with Crippen LogP contribution in [-0.4, -0.2) is 54.6 Å². The number of nitrogens with zero attached hydrogens (tertiary/aromatic N) is 1. The number of fused-ring (bicyclic) bond motifs is 3. The van der Waals surface area contributed by atoms with Crippen LogP contribution in [0.3, 0.4) is 0 Å². The number of piperidine rings is 3. The maximum absolute atomic E-state index is 14.3. The number of benzene rings is 4. The van der Waals surface area contributed by atoms with E-state index in [1.54, 1.807) is 0 Å². The normalized spacial score (nSPS) is 21.6. The minimum Gasteiger partial charge on any atom is -1.00 e. The summed E-state index contributed by atoms with van der Waals surface area (Å²) in [5.74, 6) is -0.00485. The van der Waals surface area contributed by atoms with E-state index in [1.165, 1.54) is 0 Å². The zero-order valence-electron chi connectivity index (χ0n) is 23.6. The summed E-state index contributed by atoms with van der Waals surface area (Å²) in [5.41, 5.74) is 3.73. The lowest BCUT2D eigenvalue weighted by atomic mass is 9.82. The van der Waals surface area contributed by atoms with Gasteiger partial charge in [-0.25, -0.2) is 4.79 Å². The van der Waals surface area contributed by atoms with Crippen molar-refractivity contribution in [2.24, 2.45) is 5.92 Å². The number of hydrogen-bond donors (Lipinski definition) is 1. The summed E-state index contributed by atoms with van der Waals surface area (Å²) >= 11 is 0. The first-order chi connectivity index (χ1) is 20.1. The van der Waals surface area contributed by atoms with E-state index in [0.29, 0.717) is 23.5 Å². The molecule has 216 valence electrons. The van der Waals surface area contributed by atoms with Crippen molar-refractivity contribution in [1.82, 2.24) is 0 Å². The Kier molecular flexibility index (Phi) is 9.55. The standard InChI is InChI=1S/C36H37N2O3.BrH/c39-32(27-13-5-1-6-14-27)25-38-23-21-28(22-24-38)33(26-38)41-36(40)35(37-31-19-11-4-12-20-31)34(29-15-7-2-8-16-29)30-17-9-3-10-18-30;/h1-20,28,33-35,37H,21-26H2;1H/q+1;/p-1/t28?,33-,35+,38?;/m0./s1. The van der Waals surface area contributed by atoms with Gasteiger partial charge in [0.25, 0.3) is 0 Å². The molecular weight excluding hydrogens is 588 g/mol. The molecule has 4 aromatic carbocycles. The van der Waals surface area contributed by atoms with Gasteiger partial charge in [0.05, 0.1) is 13.1 Å². The topological polar surface area (TPSA) is 55.4 Å². The number of hydrogen-bond acceptors (Lipinski definition) is 4. The van der Waals surface area contributed by atoms with Gasteiger partial charge in [-0.1, -0.05) is 109 Å². The second kappa shape index (κ2) is 13.5. The molecule has 6 heteroatoms. The highest BCUT2D eigenvalue weighted by Gasteiger charge is 2.49. The molecule has 42 heavy (non-hydrogen) atoms. The van der Waals surface area contributed by atoms with E-state index < -0.39 is 6.04 Å². The minimum absolute atomic E-state index is 0. The average Bonchev–Trinajstić information content (AvgIpc) is 3.03. The van der Waals surface area contributed by atoms with Crippen molar-refractivity contribution in [3.8, 4) is 0 Å². The van der Waals surface area contributed by atoms with Gasteiger partial charge < -0.3 is 31.5 Å². The monoisotopic (exact) mass is 624 g/mol. The quantitative estimate of drug-likeness (QED) is 0.167. The fourth-order valence-electron chi connectivity index (χ4n) is 6.71. The second-order valence-electron chi connectivity index (χ2n) is 11.5. The van der Waals surface area contributed by atoms with Gasteiger partial charge in [0, 0.05) is 35.9 Å². The van der Waals surface area contributed by atoms with Crippen molar-refractivity contribution < 1.29 is 35.8 Å². The molecular formula is C36H37BrN2O3. The second-order valence-corrected chi connectivity index (χ2v) is 11.5. The van der Waals surface area contributed by atoms with Crippen molar-refractivity contribution >= 4 is 17.4 Å². The number of halogens is 1. The van der Waals surface area contributed by atoms with Crippen LogP contribution < -0.4 is 22.3 Å². The molecule has 1 N–H and O–H groups in total. The van der Waals surface area contributed by atoms with Gasteiger partial charge in [-0.3, -0.25) is 4.79 Å². The van der Waals surface area contributed by atoms with E-state index in [2.05, 4.69) is 29.6 Å². The Labute approximate surface area is 258 Å². The molecule has 3 aliphatic heterocycles. The van der Waals surface area contributed by atoms with E-state index in [9.17, 15) is 9.59 Å². The highest BCUT2D eigenvalue weighted by molar-refractivity contribution is 5.97. The third-order valence-corrected chi connectivity index (χ3v) is 8.88. The van der Waals surface area contributed by atoms with E-state index in [4.69, 9.17) is 4.74 Å². The van der Waals surface area contributed by atoms with Gasteiger partial charge in [0.1, 0.15) is 19.1 Å². The van der Waals surface area contributed by atoms with Crippen LogP contribution in [0, 0.1) is 5.92 Å². The molecule has 2 atom stereocenters. The molecule has 7 rings (SSSR count). The minimum atomic E-state index is -0.628. The van der Waals surface area contributed by atoms with E-state index >= 15 is 0 Å². The SMILES string of the molecule is O=C(C[N+]12CCC(CC1)[C@@H](OC(=O)[C@H](Nc1ccccc1)C(c1ccccc1)c1ccccc1)C2)c1ccccc1.[Br-]. The van der Waals surface area contributed by atoms with Crippen molar-refractivity contribution in [3.05, 3.63) is 138 Å². The lowest BCUT2D eigenvalue weighted by Gasteiger charge is -2.51. The number of Topliss-reactive ketones (excluding diaryl/α,β-unsaturated/α-hetero) is 1. The van der Waals surface area contributed by atoms with Crippen LogP contribution in [0.4, 0.5) is 5.69 Å². The fraction of sp³-hybridized carbons (Fsp3) is 0.278. The van der Waals surface area contributed by atoms with Gasteiger partial charge in [-0.15, -0.1) is 0 Å². The smallest absolute Gasteiger partial charge is 0.330 e. The lowest BCUT2D eigenvalue weighted by molar-refractivity contribution is -0.938. The lowest BCUT2D eigenvalue weighted by Crippen LogP contribution is -3.00. The predicted octanol–water partition coefficient (Wildman–Crippen LogP) is 3.34. The van der Waals surface area contributed by atoms with Crippen LogP contribution in [0.1, 0.15) is 40.2 Å². The summed E-state index contributed by atoms with van der Waals surface area (Å²) in [4.78, 5) is 27.5. The number of quaternary nitrogens is 1. The summed E-state index contributed by atoms with van der Waals surface area (Å²) in [6.07, 6.45) is 1.73. The molecule has 0 amide bonds. The summed E-state index contributed by atoms with van der Waals surface area (Å²) in [5, 5.41) is 3.54. The number of ether oxygens (including phenoxy) is 1. The predicted molar refractivity (Wildman–Crippen MR) is 162 cm³/mol. The number of ketones is 1. The van der Waals surface area contributed by atoms with Gasteiger partial charge in [0.15, 0.2) is 6.10 Å². The summed E-state index contributed by atoms with van der Waals surface area (Å²) in [6.45, 7) is 3.06. The van der Waals surface area contributed by atoms with Crippen molar-refractivity contribution in [2.45, 2.75) is 30.9 Å². The third kappa shape index (κ3) is 6.66. The Morgan fingerprint density at radius 3 is 1.79 bits per heavy atom. The van der Waals surface area contributed by atoms with Gasteiger partial charge in [0.2, 0.25) is 5.78 Å². The number of nitrogens with one attached hydrogen (secondary N) is 1. The van der Waals surface area contributed by atoms with Gasteiger partial charge in [-0.2, -0.15) is 0 Å². The molecule has 3 aliphatic rings. The zero-order chi connectivity index (χ0) is 28.1. The molecule has 0 radical (unpaired) electrons. The maximum atomic E-state index is 14.3. The Bertz CT molecular complexity index is 1400. The molecule has 2 bridgehead atoms. The molecule has 4 aromatic rings. The Hall–Kier alpha value is -3.74. The van der Waals surface area contributed by atoms with Crippen LogP contribution in [0.25, 0.3) is 0 Å². The highest BCUT2D eigenvalue weighted by atomic mass is 79.9. The molecule has 5 nitrogen and oxygen atoms in total.